The van der Waals surface area contributed by atoms with Crippen LogP contribution in [0.25, 0.3) is 0 Å². The van der Waals surface area contributed by atoms with Crippen molar-refractivity contribution in [3.05, 3.63) is 85.1 Å². The van der Waals surface area contributed by atoms with Gasteiger partial charge in [0, 0.05) is 19.3 Å². The SMILES string of the molecule is CC/C=C\C/C=C\C/C=C\C/C=C\CCCCCCCCCCCCCCCCC(=O)OCC(COC(=O)CCCCCCC/C=C\CCCCCCC)OC(=O)CCCCCCC/C=C\C/C=C\CCCC. The van der Waals surface area contributed by atoms with Crippen molar-refractivity contribution in [1.29, 1.82) is 0 Å². The minimum Gasteiger partial charge on any atom is -0.462 e. The molecular weight excluding hydrogens is 901 g/mol. The van der Waals surface area contributed by atoms with Crippen LogP contribution in [0.15, 0.2) is 85.1 Å². The van der Waals surface area contributed by atoms with Gasteiger partial charge in [0.15, 0.2) is 6.10 Å². The molecule has 0 rings (SSSR count). The number of hydrogen-bond donors (Lipinski definition) is 0. The van der Waals surface area contributed by atoms with Gasteiger partial charge in [0.2, 0.25) is 0 Å². The number of carbonyl (C=O) groups is 3. The molecule has 6 heteroatoms. The fourth-order valence-corrected chi connectivity index (χ4v) is 8.68. The third-order valence-electron chi connectivity index (χ3n) is 13.4. The summed E-state index contributed by atoms with van der Waals surface area (Å²) in [6.07, 6.45) is 80.2. The average molecular weight is 1020 g/mol. The highest BCUT2D eigenvalue weighted by Crippen LogP contribution is 2.16. The average Bonchev–Trinajstić information content (AvgIpc) is 3.39. The number of ether oxygens (including phenoxy) is 3. The molecule has 0 saturated heterocycles. The fourth-order valence-electron chi connectivity index (χ4n) is 8.68. The van der Waals surface area contributed by atoms with Crippen molar-refractivity contribution in [1.82, 2.24) is 0 Å². The fraction of sp³-hybridized carbons (Fsp3) is 0.746. The number of hydrogen-bond acceptors (Lipinski definition) is 6. The molecule has 6 nitrogen and oxygen atoms in total. The number of carbonyl (C=O) groups excluding carboxylic acids is 3. The van der Waals surface area contributed by atoms with Crippen molar-refractivity contribution in [2.45, 2.75) is 309 Å². The zero-order valence-corrected chi connectivity index (χ0v) is 48.1. The molecule has 0 spiro atoms. The Morgan fingerprint density at radius 2 is 0.548 bits per heavy atom. The second-order valence-corrected chi connectivity index (χ2v) is 20.6. The number of esters is 3. The van der Waals surface area contributed by atoms with Crippen LogP contribution < -0.4 is 0 Å². The Bertz CT molecular complexity index is 1400. The lowest BCUT2D eigenvalue weighted by molar-refractivity contribution is -0.167. The van der Waals surface area contributed by atoms with Crippen molar-refractivity contribution >= 4 is 17.9 Å². The molecule has 0 aromatic carbocycles. The maximum atomic E-state index is 12.9. The largest absolute Gasteiger partial charge is 0.462 e. The summed E-state index contributed by atoms with van der Waals surface area (Å²) in [5, 5.41) is 0. The van der Waals surface area contributed by atoms with Crippen molar-refractivity contribution in [3.8, 4) is 0 Å². The van der Waals surface area contributed by atoms with Gasteiger partial charge in [-0.3, -0.25) is 14.4 Å². The predicted molar refractivity (Wildman–Crippen MR) is 316 cm³/mol. The van der Waals surface area contributed by atoms with Crippen molar-refractivity contribution in [3.63, 3.8) is 0 Å². The first-order chi connectivity index (χ1) is 36.0. The Morgan fingerprint density at radius 3 is 0.890 bits per heavy atom. The van der Waals surface area contributed by atoms with Gasteiger partial charge in [-0.2, -0.15) is 0 Å². The lowest BCUT2D eigenvalue weighted by Gasteiger charge is -2.18. The molecule has 0 bridgehead atoms. The number of allylic oxidation sites excluding steroid dienone is 14. The zero-order valence-electron chi connectivity index (χ0n) is 48.1. The Kier molecular flexibility index (Phi) is 58.3. The molecule has 0 fully saturated rings. The third kappa shape index (κ3) is 59.3. The Morgan fingerprint density at radius 1 is 0.288 bits per heavy atom. The Balaban J connectivity index is 4.26. The summed E-state index contributed by atoms with van der Waals surface area (Å²) < 4.78 is 16.9. The maximum absolute atomic E-state index is 12.9. The molecule has 1 unspecified atom stereocenters. The lowest BCUT2D eigenvalue weighted by Crippen LogP contribution is -2.30. The van der Waals surface area contributed by atoms with Gasteiger partial charge in [0.05, 0.1) is 0 Å². The summed E-state index contributed by atoms with van der Waals surface area (Å²) in [5.41, 5.74) is 0. The molecule has 420 valence electrons. The summed E-state index contributed by atoms with van der Waals surface area (Å²) >= 11 is 0. The highest BCUT2D eigenvalue weighted by Gasteiger charge is 2.19. The van der Waals surface area contributed by atoms with E-state index in [9.17, 15) is 14.4 Å². The minimum absolute atomic E-state index is 0.0834. The quantitative estimate of drug-likeness (QED) is 0.0261. The van der Waals surface area contributed by atoms with Crippen LogP contribution in [0, 0.1) is 0 Å². The first-order valence-corrected chi connectivity index (χ1v) is 31.1. The van der Waals surface area contributed by atoms with Gasteiger partial charge in [0.1, 0.15) is 13.2 Å². The van der Waals surface area contributed by atoms with Crippen LogP contribution in [-0.4, -0.2) is 37.2 Å². The van der Waals surface area contributed by atoms with Crippen molar-refractivity contribution in [2.24, 2.45) is 0 Å². The van der Waals surface area contributed by atoms with Crippen LogP contribution in [0.4, 0.5) is 0 Å². The van der Waals surface area contributed by atoms with Gasteiger partial charge in [0.25, 0.3) is 0 Å². The second kappa shape index (κ2) is 61.1. The Hall–Kier alpha value is -3.41. The van der Waals surface area contributed by atoms with E-state index < -0.39 is 6.10 Å². The smallest absolute Gasteiger partial charge is 0.306 e. The summed E-state index contributed by atoms with van der Waals surface area (Å²) in [7, 11) is 0. The molecular formula is C67H116O6. The molecule has 0 aromatic rings. The van der Waals surface area contributed by atoms with E-state index in [1.165, 1.54) is 148 Å². The first-order valence-electron chi connectivity index (χ1n) is 31.1. The summed E-state index contributed by atoms with van der Waals surface area (Å²) in [5.74, 6) is -0.897. The molecule has 0 aliphatic heterocycles. The van der Waals surface area contributed by atoms with Crippen molar-refractivity contribution in [2.75, 3.05) is 13.2 Å². The lowest BCUT2D eigenvalue weighted by atomic mass is 10.0. The molecule has 0 saturated carbocycles. The maximum Gasteiger partial charge on any atom is 0.306 e. The topological polar surface area (TPSA) is 78.9 Å². The van der Waals surface area contributed by atoms with E-state index in [1.54, 1.807) is 0 Å². The Labute approximate surface area is 452 Å². The van der Waals surface area contributed by atoms with Gasteiger partial charge in [-0.15, -0.1) is 0 Å². The molecule has 0 heterocycles. The normalized spacial score (nSPS) is 12.6. The first kappa shape index (κ1) is 69.6. The molecule has 73 heavy (non-hydrogen) atoms. The summed E-state index contributed by atoms with van der Waals surface area (Å²) in [6.45, 7) is 6.48. The predicted octanol–water partition coefficient (Wildman–Crippen LogP) is 21.1. The van der Waals surface area contributed by atoms with Crippen LogP contribution in [0.2, 0.25) is 0 Å². The van der Waals surface area contributed by atoms with Gasteiger partial charge < -0.3 is 14.2 Å². The van der Waals surface area contributed by atoms with Gasteiger partial charge in [-0.05, 0) is 109 Å². The summed E-state index contributed by atoms with van der Waals surface area (Å²) in [4.78, 5) is 38.2. The van der Waals surface area contributed by atoms with Crippen LogP contribution in [0.3, 0.4) is 0 Å². The van der Waals surface area contributed by atoms with E-state index in [4.69, 9.17) is 14.2 Å². The van der Waals surface area contributed by atoms with Gasteiger partial charge in [-0.1, -0.05) is 260 Å². The van der Waals surface area contributed by atoms with Crippen LogP contribution >= 0.6 is 0 Å². The van der Waals surface area contributed by atoms with E-state index in [0.29, 0.717) is 19.3 Å². The number of unbranched alkanes of at least 4 members (excludes halogenated alkanes) is 31. The van der Waals surface area contributed by atoms with Crippen LogP contribution in [0.5, 0.6) is 0 Å². The van der Waals surface area contributed by atoms with Gasteiger partial charge >= 0.3 is 17.9 Å². The molecule has 0 aromatic heterocycles. The molecule has 1 atom stereocenters. The summed E-state index contributed by atoms with van der Waals surface area (Å²) in [6, 6.07) is 0. The van der Waals surface area contributed by atoms with Crippen LogP contribution in [0.1, 0.15) is 303 Å². The minimum atomic E-state index is -0.787. The second-order valence-electron chi connectivity index (χ2n) is 20.6. The van der Waals surface area contributed by atoms with Gasteiger partial charge in [-0.25, -0.2) is 0 Å². The third-order valence-corrected chi connectivity index (χ3v) is 13.4. The standard InChI is InChI=1S/C67H116O6/c1-4-7-10-13-16-19-22-25-28-29-30-31-32-33-34-35-36-37-38-39-40-43-45-48-51-54-57-60-66(69)72-63-64(73-67(70)61-58-55-52-49-46-42-27-24-21-18-15-12-9-6-3)62-71-65(68)59-56-53-50-47-44-41-26-23-20-17-14-11-8-5-2/h7,10,15-16,18-19,23-28,30-31,64H,4-6,8-9,11-14,17,20-22,29,32-63H2,1-3H3/b10-7-,18-15-,19-16-,26-23-,27-24-,28-25-,31-30-. The molecule has 0 aliphatic rings. The van der Waals surface area contributed by atoms with E-state index in [-0.39, 0.29) is 31.1 Å². The highest BCUT2D eigenvalue weighted by atomic mass is 16.6. The molecule has 0 N–H and O–H groups in total. The molecule has 0 aliphatic carbocycles. The van der Waals surface area contributed by atoms with E-state index >= 15 is 0 Å². The van der Waals surface area contributed by atoms with Crippen LogP contribution in [-0.2, 0) is 28.6 Å². The zero-order chi connectivity index (χ0) is 52.9. The van der Waals surface area contributed by atoms with E-state index in [2.05, 4.69) is 106 Å². The highest BCUT2D eigenvalue weighted by molar-refractivity contribution is 5.71. The monoisotopic (exact) mass is 1020 g/mol. The number of rotatable bonds is 56. The van der Waals surface area contributed by atoms with E-state index in [0.717, 1.165) is 116 Å². The molecule has 0 radical (unpaired) electrons. The van der Waals surface area contributed by atoms with Crippen molar-refractivity contribution < 1.29 is 28.6 Å². The molecule has 0 amide bonds. The van der Waals surface area contributed by atoms with E-state index in [1.807, 2.05) is 0 Å².